The first-order valence-corrected chi connectivity index (χ1v) is 17.2. The maximum absolute atomic E-state index is 7.86. The summed E-state index contributed by atoms with van der Waals surface area (Å²) in [5.41, 5.74) is 0. The van der Waals surface area contributed by atoms with E-state index in [4.69, 9.17) is 4.12 Å². The highest BCUT2D eigenvalue weighted by molar-refractivity contribution is 6.93. The molecule has 0 saturated carbocycles. The van der Waals surface area contributed by atoms with Gasteiger partial charge in [-0.25, -0.2) is 0 Å². The number of rotatable bonds is 16. The zero-order chi connectivity index (χ0) is 21.0. The van der Waals surface area contributed by atoms with Crippen LogP contribution in [-0.2, 0) is 4.12 Å². The number of hydrogen-bond donors (Lipinski definition) is 0. The lowest BCUT2D eigenvalue weighted by Gasteiger charge is -2.45. The van der Waals surface area contributed by atoms with Gasteiger partial charge in [-0.15, -0.1) is 0 Å². The first kappa shape index (κ1) is 24.6. The van der Waals surface area contributed by atoms with Gasteiger partial charge >= 0.3 is 0 Å². The van der Waals surface area contributed by atoms with Crippen molar-refractivity contribution in [1.82, 2.24) is 0 Å². The monoisotopic (exact) mass is 430 g/mol. The molecule has 29 heavy (non-hydrogen) atoms. The molecule has 0 aromatic heterocycles. The Morgan fingerprint density at radius 1 is 0.621 bits per heavy atom. The molecule has 1 nitrogen and oxygen atoms in total. The van der Waals surface area contributed by atoms with Gasteiger partial charge in [0.05, 0.1) is 0 Å². The molecule has 2 rings (SSSR count). The summed E-state index contributed by atoms with van der Waals surface area (Å²) < 4.78 is 7.86. The van der Waals surface area contributed by atoms with Gasteiger partial charge in [0.1, 0.15) is 0 Å². The van der Waals surface area contributed by atoms with Gasteiger partial charge in [-0.3, -0.25) is 0 Å². The SMILES string of the molecule is CCCC[Si](CCCC)(O[Si](CCCC)(CCCC)C1=CC=CC1)C1=CC=CC1. The van der Waals surface area contributed by atoms with Crippen LogP contribution in [0.1, 0.15) is 91.9 Å². The Bertz CT molecular complexity index is 532. The summed E-state index contributed by atoms with van der Waals surface area (Å²) in [4.78, 5) is 0. The van der Waals surface area contributed by atoms with Crippen LogP contribution in [0.2, 0.25) is 24.2 Å². The molecule has 0 bridgehead atoms. The molecule has 2 aliphatic rings. The molecular formula is C26H46OSi2. The third kappa shape index (κ3) is 6.67. The highest BCUT2D eigenvalue weighted by Crippen LogP contribution is 2.43. The van der Waals surface area contributed by atoms with E-state index >= 15 is 0 Å². The van der Waals surface area contributed by atoms with Crippen molar-refractivity contribution in [3.63, 3.8) is 0 Å². The van der Waals surface area contributed by atoms with E-state index in [0.717, 1.165) is 12.8 Å². The summed E-state index contributed by atoms with van der Waals surface area (Å²) in [6.45, 7) is 9.40. The summed E-state index contributed by atoms with van der Waals surface area (Å²) in [5.74, 6) is 0. The third-order valence-corrected chi connectivity index (χ3v) is 17.7. The first-order valence-electron chi connectivity index (χ1n) is 12.6. The predicted molar refractivity (Wildman–Crippen MR) is 135 cm³/mol. The van der Waals surface area contributed by atoms with Crippen LogP contribution in [-0.4, -0.2) is 16.6 Å². The highest BCUT2D eigenvalue weighted by atomic mass is 28.4. The molecule has 164 valence electrons. The molecule has 0 atom stereocenters. The standard InChI is InChI=1S/C26H46OSi2/c1-5-9-21-28(22-10-6-2,25-17-13-14-18-25)27-29(23-11-7-3,24-12-8-4)26-19-15-16-20-26/h13-17,19H,5-12,18,20-24H2,1-4H3. The van der Waals surface area contributed by atoms with Crippen LogP contribution in [0.15, 0.2) is 46.8 Å². The van der Waals surface area contributed by atoms with E-state index in [-0.39, 0.29) is 0 Å². The van der Waals surface area contributed by atoms with Crippen molar-refractivity contribution in [2.75, 3.05) is 0 Å². The minimum Gasteiger partial charge on any atom is -0.448 e. The van der Waals surface area contributed by atoms with E-state index in [2.05, 4.69) is 64.2 Å². The van der Waals surface area contributed by atoms with Crippen LogP contribution >= 0.6 is 0 Å². The molecule has 0 N–H and O–H groups in total. The first-order chi connectivity index (χ1) is 14.2. The van der Waals surface area contributed by atoms with Crippen LogP contribution in [0.3, 0.4) is 0 Å². The van der Waals surface area contributed by atoms with Gasteiger partial charge in [0.25, 0.3) is 0 Å². The second kappa shape index (κ2) is 12.9. The number of unbranched alkanes of at least 4 members (excludes halogenated alkanes) is 4. The van der Waals surface area contributed by atoms with Crippen LogP contribution in [0.25, 0.3) is 0 Å². The van der Waals surface area contributed by atoms with Crippen LogP contribution in [0, 0.1) is 0 Å². The Morgan fingerprint density at radius 2 is 0.966 bits per heavy atom. The molecule has 0 aromatic rings. The van der Waals surface area contributed by atoms with Gasteiger partial charge in [-0.05, 0) is 37.0 Å². The van der Waals surface area contributed by atoms with Crippen molar-refractivity contribution < 1.29 is 4.12 Å². The van der Waals surface area contributed by atoms with Gasteiger partial charge in [-0.2, -0.15) is 0 Å². The molecule has 0 unspecified atom stereocenters. The summed E-state index contributed by atoms with van der Waals surface area (Å²) in [5, 5.41) is 3.41. The van der Waals surface area contributed by atoms with Crippen molar-refractivity contribution in [1.29, 1.82) is 0 Å². The van der Waals surface area contributed by atoms with Gasteiger partial charge in [0.15, 0.2) is 0 Å². The fourth-order valence-electron chi connectivity index (χ4n) is 5.02. The summed E-state index contributed by atoms with van der Waals surface area (Å²) in [7, 11) is -3.83. The van der Waals surface area contributed by atoms with E-state index in [1.54, 1.807) is 10.4 Å². The second-order valence-electron chi connectivity index (χ2n) is 9.15. The molecule has 0 aromatic carbocycles. The maximum Gasteiger partial charge on any atom is 0.208 e. The lowest BCUT2D eigenvalue weighted by molar-refractivity contribution is 0.502. The lowest BCUT2D eigenvalue weighted by atomic mass is 10.4. The molecule has 2 aliphatic carbocycles. The van der Waals surface area contributed by atoms with E-state index in [1.807, 2.05) is 0 Å². The third-order valence-electron chi connectivity index (χ3n) is 6.84. The van der Waals surface area contributed by atoms with Gasteiger partial charge in [0.2, 0.25) is 16.6 Å². The minimum absolute atomic E-state index is 1.16. The van der Waals surface area contributed by atoms with Crippen LogP contribution in [0.4, 0.5) is 0 Å². The molecule has 0 radical (unpaired) electrons. The molecule has 0 fully saturated rings. The largest absolute Gasteiger partial charge is 0.448 e. The lowest BCUT2D eigenvalue weighted by Crippen LogP contribution is -2.54. The zero-order valence-corrected chi connectivity index (χ0v) is 21.8. The molecule has 0 heterocycles. The van der Waals surface area contributed by atoms with Gasteiger partial charge < -0.3 is 4.12 Å². The van der Waals surface area contributed by atoms with Gasteiger partial charge in [0, 0.05) is 0 Å². The van der Waals surface area contributed by atoms with Crippen molar-refractivity contribution in [2.24, 2.45) is 0 Å². The highest BCUT2D eigenvalue weighted by Gasteiger charge is 2.48. The summed E-state index contributed by atoms with van der Waals surface area (Å²) in [6, 6.07) is 5.35. The predicted octanol–water partition coefficient (Wildman–Crippen LogP) is 8.95. The van der Waals surface area contributed by atoms with Crippen LogP contribution < -0.4 is 0 Å². The average molecular weight is 431 g/mol. The molecule has 0 aliphatic heterocycles. The smallest absolute Gasteiger partial charge is 0.208 e. The molecule has 0 amide bonds. The topological polar surface area (TPSA) is 9.23 Å². The second-order valence-corrected chi connectivity index (χ2v) is 17.2. The Balaban J connectivity index is 2.44. The molecule has 0 saturated heterocycles. The minimum atomic E-state index is -1.92. The Morgan fingerprint density at radius 3 is 1.21 bits per heavy atom. The maximum atomic E-state index is 7.86. The van der Waals surface area contributed by atoms with Crippen molar-refractivity contribution in [3.05, 3.63) is 46.8 Å². The molecular weight excluding hydrogens is 384 g/mol. The number of hydrogen-bond acceptors (Lipinski definition) is 1. The molecule has 0 spiro atoms. The van der Waals surface area contributed by atoms with Crippen molar-refractivity contribution in [3.8, 4) is 0 Å². The zero-order valence-electron chi connectivity index (χ0n) is 19.8. The average Bonchev–Trinajstić information content (AvgIpc) is 3.46. The molecule has 3 heteroatoms. The fraction of sp³-hybridized carbons (Fsp3) is 0.692. The van der Waals surface area contributed by atoms with E-state index in [1.165, 1.54) is 75.5 Å². The Hall–Kier alpha value is -0.646. The number of allylic oxidation sites excluding steroid dienone is 8. The van der Waals surface area contributed by atoms with E-state index in [9.17, 15) is 0 Å². The Kier molecular flexibility index (Phi) is 11.0. The Labute approximate surface area is 183 Å². The normalized spacial score (nSPS) is 16.6. The van der Waals surface area contributed by atoms with E-state index in [0.29, 0.717) is 0 Å². The fourth-order valence-corrected chi connectivity index (χ4v) is 18.0. The van der Waals surface area contributed by atoms with E-state index < -0.39 is 16.6 Å². The van der Waals surface area contributed by atoms with Crippen LogP contribution in [0.5, 0.6) is 0 Å². The summed E-state index contributed by atoms with van der Waals surface area (Å²) >= 11 is 0. The summed E-state index contributed by atoms with van der Waals surface area (Å²) in [6.07, 6.45) is 27.0. The van der Waals surface area contributed by atoms with Crippen molar-refractivity contribution in [2.45, 2.75) is 116 Å². The quantitative estimate of drug-likeness (QED) is 0.222. The van der Waals surface area contributed by atoms with Gasteiger partial charge in [-0.1, -0.05) is 126 Å². The van der Waals surface area contributed by atoms with Crippen molar-refractivity contribution >= 4 is 16.6 Å².